The van der Waals surface area contributed by atoms with Crippen molar-refractivity contribution >= 4 is 17.7 Å². The Morgan fingerprint density at radius 2 is 1.47 bits per heavy atom. The summed E-state index contributed by atoms with van der Waals surface area (Å²) in [6, 6.07) is 8.19. The zero-order valence-corrected chi connectivity index (χ0v) is 18.7. The van der Waals surface area contributed by atoms with Crippen LogP contribution in [-0.4, -0.2) is 28.8 Å². The first kappa shape index (κ1) is 25.9. The number of Topliss-reactive ketones (excluding diaryl/α,β-unsaturated/α-hetero) is 1. The lowest BCUT2D eigenvalue weighted by Crippen LogP contribution is -2.46. The lowest BCUT2D eigenvalue weighted by molar-refractivity contribution is -0.144. The molecule has 2 N–H and O–H groups in total. The number of carbonyl (C=O) groups is 3. The van der Waals surface area contributed by atoms with Gasteiger partial charge < -0.3 is 10.4 Å². The molecule has 5 heteroatoms. The molecule has 30 heavy (non-hydrogen) atoms. The average Bonchev–Trinajstić information content (AvgIpc) is 2.73. The van der Waals surface area contributed by atoms with E-state index in [0.717, 1.165) is 63.4 Å². The van der Waals surface area contributed by atoms with Crippen LogP contribution in [0.3, 0.4) is 0 Å². The van der Waals surface area contributed by atoms with Crippen LogP contribution >= 0.6 is 0 Å². The van der Waals surface area contributed by atoms with Gasteiger partial charge in [-0.25, -0.2) is 4.79 Å². The van der Waals surface area contributed by atoms with E-state index in [1.54, 1.807) is 0 Å². The smallest absolute Gasteiger partial charge is 0.326 e. The van der Waals surface area contributed by atoms with Crippen LogP contribution in [0.1, 0.15) is 90.0 Å². The third-order valence-electron chi connectivity index (χ3n) is 5.48. The van der Waals surface area contributed by atoms with E-state index in [0.29, 0.717) is 12.8 Å². The molecule has 0 saturated heterocycles. The van der Waals surface area contributed by atoms with Crippen LogP contribution in [0.5, 0.6) is 0 Å². The number of carbonyl (C=O) groups excluding carboxylic acids is 2. The number of unbranched alkanes of at least 4 members (excludes halogenated alkanes) is 7. The highest BCUT2D eigenvalue weighted by Gasteiger charge is 2.29. The van der Waals surface area contributed by atoms with Crippen molar-refractivity contribution in [2.75, 3.05) is 0 Å². The van der Waals surface area contributed by atoms with Crippen molar-refractivity contribution in [3.8, 4) is 0 Å². The van der Waals surface area contributed by atoms with Crippen molar-refractivity contribution in [1.82, 2.24) is 5.32 Å². The van der Waals surface area contributed by atoms with Crippen molar-refractivity contribution in [3.63, 3.8) is 0 Å². The largest absolute Gasteiger partial charge is 0.480 e. The molecular formula is C25H39NO4. The van der Waals surface area contributed by atoms with E-state index in [-0.39, 0.29) is 12.2 Å². The summed E-state index contributed by atoms with van der Waals surface area (Å²) in [5, 5.41) is 12.2. The summed E-state index contributed by atoms with van der Waals surface area (Å²) in [5.74, 6) is -2.31. The number of ketones is 1. The molecule has 0 aromatic heterocycles. The number of carboxylic acids is 1. The van der Waals surface area contributed by atoms with Gasteiger partial charge in [-0.2, -0.15) is 0 Å². The van der Waals surface area contributed by atoms with E-state index in [1.165, 1.54) is 0 Å². The fourth-order valence-corrected chi connectivity index (χ4v) is 3.61. The molecule has 1 aromatic rings. The van der Waals surface area contributed by atoms with Gasteiger partial charge in [-0.1, -0.05) is 95.5 Å². The molecule has 0 heterocycles. The molecule has 5 nitrogen and oxygen atoms in total. The van der Waals surface area contributed by atoms with Gasteiger partial charge in [0.1, 0.15) is 11.8 Å². The van der Waals surface area contributed by atoms with E-state index < -0.39 is 23.8 Å². The Balaban J connectivity index is 2.72. The molecule has 0 aliphatic rings. The van der Waals surface area contributed by atoms with Gasteiger partial charge in [0.05, 0.1) is 5.92 Å². The first-order chi connectivity index (χ1) is 14.5. The van der Waals surface area contributed by atoms with Crippen molar-refractivity contribution in [1.29, 1.82) is 0 Å². The second-order valence-corrected chi connectivity index (χ2v) is 8.12. The van der Waals surface area contributed by atoms with Gasteiger partial charge in [-0.15, -0.1) is 0 Å². The fourth-order valence-electron chi connectivity index (χ4n) is 3.61. The number of hydrogen-bond donors (Lipinski definition) is 2. The molecule has 0 aliphatic heterocycles. The highest BCUT2D eigenvalue weighted by atomic mass is 16.4. The van der Waals surface area contributed by atoms with E-state index in [1.807, 2.05) is 30.3 Å². The number of hydrogen-bond acceptors (Lipinski definition) is 3. The summed E-state index contributed by atoms with van der Waals surface area (Å²) in [6.45, 7) is 4.27. The quantitative estimate of drug-likeness (QED) is 0.266. The van der Waals surface area contributed by atoms with Crippen LogP contribution in [0.15, 0.2) is 30.3 Å². The standard InChI is InChI=1S/C25H39NO4/c1-3-5-7-9-14-18-23(27)21(17-13-8-6-4-2)24(28)26-22(25(29)30)19-20-15-11-10-12-16-20/h10-12,15-16,21-22H,3-9,13-14,17-19H2,1-2H3,(H,26,28)(H,29,30)/t21?,22-/m0/s1. The van der Waals surface area contributed by atoms with Crippen LogP contribution in [0.4, 0.5) is 0 Å². The maximum absolute atomic E-state index is 12.9. The third-order valence-corrected chi connectivity index (χ3v) is 5.48. The molecule has 1 amide bonds. The Kier molecular flexibility index (Phi) is 13.5. The highest BCUT2D eigenvalue weighted by molar-refractivity contribution is 6.02. The first-order valence-electron chi connectivity index (χ1n) is 11.6. The van der Waals surface area contributed by atoms with Gasteiger partial charge in [0.25, 0.3) is 0 Å². The normalized spacial score (nSPS) is 12.9. The SMILES string of the molecule is CCCCCCCC(=O)C(CCCCCC)C(=O)N[C@@H](Cc1ccccc1)C(=O)O. The third kappa shape index (κ3) is 10.6. The van der Waals surface area contributed by atoms with Crippen LogP contribution < -0.4 is 5.32 Å². The molecule has 0 bridgehead atoms. The molecule has 1 aromatic carbocycles. The Bertz CT molecular complexity index is 629. The highest BCUT2D eigenvalue weighted by Crippen LogP contribution is 2.17. The average molecular weight is 418 g/mol. The minimum atomic E-state index is -1.08. The van der Waals surface area contributed by atoms with Gasteiger partial charge in [-0.05, 0) is 18.4 Å². The second kappa shape index (κ2) is 15.6. The first-order valence-corrected chi connectivity index (χ1v) is 11.6. The monoisotopic (exact) mass is 417 g/mol. The van der Waals surface area contributed by atoms with E-state index >= 15 is 0 Å². The summed E-state index contributed by atoms with van der Waals surface area (Å²) in [4.78, 5) is 37.4. The molecule has 0 fully saturated rings. The summed E-state index contributed by atoms with van der Waals surface area (Å²) in [7, 11) is 0. The molecule has 1 unspecified atom stereocenters. The summed E-state index contributed by atoms with van der Waals surface area (Å²) < 4.78 is 0. The molecule has 0 aliphatic carbocycles. The zero-order valence-electron chi connectivity index (χ0n) is 18.7. The predicted octanol–water partition coefficient (Wildman–Crippen LogP) is 5.31. The molecule has 168 valence electrons. The lowest BCUT2D eigenvalue weighted by atomic mass is 9.91. The van der Waals surface area contributed by atoms with Gasteiger partial charge in [0.15, 0.2) is 0 Å². The van der Waals surface area contributed by atoms with Gasteiger partial charge in [0, 0.05) is 12.8 Å². The van der Waals surface area contributed by atoms with Crippen molar-refractivity contribution in [3.05, 3.63) is 35.9 Å². The fraction of sp³-hybridized carbons (Fsp3) is 0.640. The van der Waals surface area contributed by atoms with Crippen LogP contribution in [-0.2, 0) is 20.8 Å². The minimum absolute atomic E-state index is 0.0515. The second-order valence-electron chi connectivity index (χ2n) is 8.12. The number of rotatable bonds is 17. The van der Waals surface area contributed by atoms with E-state index in [4.69, 9.17) is 0 Å². The molecule has 2 atom stereocenters. The van der Waals surface area contributed by atoms with Crippen LogP contribution in [0, 0.1) is 5.92 Å². The Hall–Kier alpha value is -2.17. The van der Waals surface area contributed by atoms with Crippen molar-refractivity contribution < 1.29 is 19.5 Å². The number of amides is 1. The summed E-state index contributed by atoms with van der Waals surface area (Å²) in [6.07, 6.45) is 10.3. The number of carboxylic acid groups (broad SMARTS) is 1. The predicted molar refractivity (Wildman–Crippen MR) is 120 cm³/mol. The Morgan fingerprint density at radius 3 is 2.07 bits per heavy atom. The van der Waals surface area contributed by atoms with Gasteiger partial charge >= 0.3 is 5.97 Å². The van der Waals surface area contributed by atoms with Gasteiger partial charge in [-0.3, -0.25) is 9.59 Å². The molecule has 0 saturated carbocycles. The van der Waals surface area contributed by atoms with E-state index in [9.17, 15) is 19.5 Å². The zero-order chi connectivity index (χ0) is 22.2. The van der Waals surface area contributed by atoms with Gasteiger partial charge in [0.2, 0.25) is 5.91 Å². The minimum Gasteiger partial charge on any atom is -0.480 e. The van der Waals surface area contributed by atoms with Crippen molar-refractivity contribution in [2.24, 2.45) is 5.92 Å². The molecule has 1 rings (SSSR count). The van der Waals surface area contributed by atoms with Crippen LogP contribution in [0.25, 0.3) is 0 Å². The van der Waals surface area contributed by atoms with Crippen LogP contribution in [0.2, 0.25) is 0 Å². The molecular weight excluding hydrogens is 378 g/mol. The number of nitrogens with one attached hydrogen (secondary N) is 1. The maximum Gasteiger partial charge on any atom is 0.326 e. The molecule has 0 radical (unpaired) electrons. The lowest BCUT2D eigenvalue weighted by Gasteiger charge is -2.20. The van der Waals surface area contributed by atoms with E-state index in [2.05, 4.69) is 19.2 Å². The summed E-state index contributed by atoms with van der Waals surface area (Å²) in [5.41, 5.74) is 0.840. The summed E-state index contributed by atoms with van der Waals surface area (Å²) >= 11 is 0. The number of benzene rings is 1. The maximum atomic E-state index is 12.9. The topological polar surface area (TPSA) is 83.5 Å². The Morgan fingerprint density at radius 1 is 0.867 bits per heavy atom. The Labute approximate surface area is 181 Å². The molecule has 0 spiro atoms. The van der Waals surface area contributed by atoms with Crippen molar-refractivity contribution in [2.45, 2.75) is 96.9 Å². The number of aliphatic carboxylic acids is 1.